The lowest BCUT2D eigenvalue weighted by Crippen LogP contribution is -2.28. The molecule has 1 heterocycles. The molecule has 1 aromatic rings. The van der Waals surface area contributed by atoms with E-state index in [0.717, 1.165) is 5.75 Å². The Hall–Kier alpha value is -0.980. The van der Waals surface area contributed by atoms with Gasteiger partial charge in [0, 0.05) is 11.0 Å². The Labute approximate surface area is 98.8 Å². The minimum Gasteiger partial charge on any atom is -0.489 e. The predicted molar refractivity (Wildman–Crippen MR) is 68.3 cm³/mol. The quantitative estimate of drug-likeness (QED) is 0.638. The number of hydrogen-bond acceptors (Lipinski definition) is 1. The van der Waals surface area contributed by atoms with Gasteiger partial charge in [-0.2, -0.15) is 0 Å². The third-order valence-electron chi connectivity index (χ3n) is 3.83. The van der Waals surface area contributed by atoms with E-state index in [1.807, 2.05) is 0 Å². The highest BCUT2D eigenvalue weighted by atomic mass is 16.5. The lowest BCUT2D eigenvalue weighted by atomic mass is 9.78. The highest BCUT2D eigenvalue weighted by molar-refractivity contribution is 5.51. The van der Waals surface area contributed by atoms with Gasteiger partial charge in [0.15, 0.2) is 0 Å². The highest BCUT2D eigenvalue weighted by Gasteiger charge is 2.40. The third kappa shape index (κ3) is 1.53. The van der Waals surface area contributed by atoms with Crippen LogP contribution in [0.5, 0.6) is 5.75 Å². The van der Waals surface area contributed by atoms with E-state index in [9.17, 15) is 0 Å². The maximum Gasteiger partial charge on any atom is 0.127 e. The Morgan fingerprint density at radius 1 is 1.19 bits per heavy atom. The first kappa shape index (κ1) is 11.5. The van der Waals surface area contributed by atoms with E-state index >= 15 is 0 Å². The number of ether oxygens (including phenoxy) is 1. The zero-order valence-corrected chi connectivity index (χ0v) is 11.2. The van der Waals surface area contributed by atoms with Gasteiger partial charge in [-0.3, -0.25) is 0 Å². The molecule has 1 heteroatoms. The average molecular weight is 218 g/mol. The molecule has 16 heavy (non-hydrogen) atoms. The standard InChI is InChI=1S/C15H22O/c1-10-15(5,6)12-9-7-8-11(13(12)16-10)14(2,3)4/h7-10H,1-6H3. The van der Waals surface area contributed by atoms with E-state index in [1.54, 1.807) is 0 Å². The second-order valence-corrected chi connectivity index (χ2v) is 6.41. The van der Waals surface area contributed by atoms with Crippen LogP contribution in [0.1, 0.15) is 52.7 Å². The fraction of sp³-hybridized carbons (Fsp3) is 0.600. The van der Waals surface area contributed by atoms with Crippen molar-refractivity contribution < 1.29 is 4.74 Å². The van der Waals surface area contributed by atoms with Gasteiger partial charge in [-0.25, -0.2) is 0 Å². The lowest BCUT2D eigenvalue weighted by molar-refractivity contribution is 0.183. The molecule has 88 valence electrons. The van der Waals surface area contributed by atoms with Crippen LogP contribution in [0.25, 0.3) is 0 Å². The largest absolute Gasteiger partial charge is 0.489 e. The zero-order valence-electron chi connectivity index (χ0n) is 11.2. The zero-order chi connectivity index (χ0) is 12.1. The normalized spacial score (nSPS) is 22.8. The molecular formula is C15H22O. The lowest BCUT2D eigenvalue weighted by Gasteiger charge is -2.22. The second-order valence-electron chi connectivity index (χ2n) is 6.41. The minimum atomic E-state index is 0.122. The molecule has 0 aromatic heterocycles. The van der Waals surface area contributed by atoms with Crippen molar-refractivity contribution in [3.8, 4) is 5.75 Å². The van der Waals surface area contributed by atoms with Crippen molar-refractivity contribution in [1.82, 2.24) is 0 Å². The Balaban J connectivity index is 2.62. The number of hydrogen-bond donors (Lipinski definition) is 0. The summed E-state index contributed by atoms with van der Waals surface area (Å²) in [6.45, 7) is 13.4. The van der Waals surface area contributed by atoms with Gasteiger partial charge in [-0.1, -0.05) is 52.8 Å². The van der Waals surface area contributed by atoms with Crippen LogP contribution in [0, 0.1) is 0 Å². The summed E-state index contributed by atoms with van der Waals surface area (Å²) in [7, 11) is 0. The fourth-order valence-electron chi connectivity index (χ4n) is 2.31. The molecule has 0 spiro atoms. The van der Waals surface area contributed by atoms with Crippen molar-refractivity contribution >= 4 is 0 Å². The topological polar surface area (TPSA) is 9.23 Å². The van der Waals surface area contributed by atoms with Crippen LogP contribution in [0.2, 0.25) is 0 Å². The maximum atomic E-state index is 6.08. The number of para-hydroxylation sites is 1. The van der Waals surface area contributed by atoms with Crippen LogP contribution >= 0.6 is 0 Å². The highest BCUT2D eigenvalue weighted by Crippen LogP contribution is 2.47. The molecule has 0 fully saturated rings. The van der Waals surface area contributed by atoms with Crippen molar-refractivity contribution in [2.45, 2.75) is 58.5 Å². The maximum absolute atomic E-state index is 6.08. The fourth-order valence-corrected chi connectivity index (χ4v) is 2.31. The van der Waals surface area contributed by atoms with Crippen LogP contribution in [0.15, 0.2) is 18.2 Å². The van der Waals surface area contributed by atoms with Gasteiger partial charge in [0.2, 0.25) is 0 Å². The van der Waals surface area contributed by atoms with E-state index in [4.69, 9.17) is 4.74 Å². The summed E-state index contributed by atoms with van der Waals surface area (Å²) in [5.74, 6) is 1.12. The Bertz CT molecular complexity index is 410. The molecular weight excluding hydrogens is 196 g/mol. The van der Waals surface area contributed by atoms with Crippen LogP contribution in [0.3, 0.4) is 0 Å². The molecule has 0 aliphatic carbocycles. The molecule has 1 aromatic carbocycles. The van der Waals surface area contributed by atoms with Crippen LogP contribution in [-0.4, -0.2) is 6.10 Å². The Morgan fingerprint density at radius 2 is 1.81 bits per heavy atom. The smallest absolute Gasteiger partial charge is 0.127 e. The van der Waals surface area contributed by atoms with Gasteiger partial charge in [0.05, 0.1) is 0 Å². The summed E-state index contributed by atoms with van der Waals surface area (Å²) < 4.78 is 6.08. The van der Waals surface area contributed by atoms with E-state index in [1.165, 1.54) is 11.1 Å². The molecule has 0 amide bonds. The van der Waals surface area contributed by atoms with Gasteiger partial charge in [-0.05, 0) is 17.9 Å². The van der Waals surface area contributed by atoms with Gasteiger partial charge < -0.3 is 4.74 Å². The van der Waals surface area contributed by atoms with Gasteiger partial charge in [-0.15, -0.1) is 0 Å². The van der Waals surface area contributed by atoms with Gasteiger partial charge >= 0.3 is 0 Å². The molecule has 1 aliphatic heterocycles. The van der Waals surface area contributed by atoms with Crippen LogP contribution in [0.4, 0.5) is 0 Å². The first-order valence-corrected chi connectivity index (χ1v) is 6.05. The predicted octanol–water partition coefficient (Wildman–Crippen LogP) is 4.04. The molecule has 1 nitrogen and oxygen atoms in total. The average Bonchev–Trinajstić information content (AvgIpc) is 2.37. The molecule has 2 rings (SSSR count). The summed E-state index contributed by atoms with van der Waals surface area (Å²) in [6.07, 6.45) is 0.256. The monoisotopic (exact) mass is 218 g/mol. The van der Waals surface area contributed by atoms with Crippen LogP contribution in [-0.2, 0) is 10.8 Å². The Morgan fingerprint density at radius 3 is 2.38 bits per heavy atom. The number of rotatable bonds is 0. The molecule has 1 atom stereocenters. The summed E-state index contributed by atoms with van der Waals surface area (Å²) in [5, 5.41) is 0. The third-order valence-corrected chi connectivity index (χ3v) is 3.83. The molecule has 0 bridgehead atoms. The van der Waals surface area contributed by atoms with E-state index in [2.05, 4.69) is 59.7 Å². The summed E-state index contributed by atoms with van der Waals surface area (Å²) in [6, 6.07) is 6.55. The number of fused-ring (bicyclic) bond motifs is 1. The van der Waals surface area contributed by atoms with E-state index in [-0.39, 0.29) is 16.9 Å². The van der Waals surface area contributed by atoms with Crippen molar-refractivity contribution in [3.63, 3.8) is 0 Å². The van der Waals surface area contributed by atoms with Crippen LogP contribution < -0.4 is 4.74 Å². The minimum absolute atomic E-state index is 0.122. The second kappa shape index (κ2) is 3.26. The first-order valence-electron chi connectivity index (χ1n) is 6.05. The van der Waals surface area contributed by atoms with Crippen molar-refractivity contribution in [1.29, 1.82) is 0 Å². The van der Waals surface area contributed by atoms with Crippen molar-refractivity contribution in [3.05, 3.63) is 29.3 Å². The SMILES string of the molecule is CC1Oc2c(C(C)(C)C)cccc2C1(C)C. The van der Waals surface area contributed by atoms with Crippen molar-refractivity contribution in [2.75, 3.05) is 0 Å². The molecule has 1 aliphatic rings. The number of benzene rings is 1. The van der Waals surface area contributed by atoms with Gasteiger partial charge in [0.25, 0.3) is 0 Å². The summed E-state index contributed by atoms with van der Waals surface area (Å²) in [4.78, 5) is 0. The van der Waals surface area contributed by atoms with E-state index in [0.29, 0.717) is 0 Å². The first-order chi connectivity index (χ1) is 7.24. The molecule has 0 N–H and O–H groups in total. The molecule has 0 saturated heterocycles. The molecule has 0 saturated carbocycles. The molecule has 0 radical (unpaired) electrons. The molecule has 1 unspecified atom stereocenters. The summed E-state index contributed by atoms with van der Waals surface area (Å²) >= 11 is 0. The van der Waals surface area contributed by atoms with Gasteiger partial charge in [0.1, 0.15) is 11.9 Å². The summed E-state index contributed by atoms with van der Waals surface area (Å²) in [5.41, 5.74) is 2.94. The Kier molecular flexibility index (Phi) is 2.34. The van der Waals surface area contributed by atoms with E-state index < -0.39 is 0 Å². The van der Waals surface area contributed by atoms with Crippen molar-refractivity contribution in [2.24, 2.45) is 0 Å².